The molecule has 0 atom stereocenters. The second-order valence-electron chi connectivity index (χ2n) is 4.32. The molecule has 100 valence electrons. The lowest BCUT2D eigenvalue weighted by atomic mass is 10.1. The largest absolute Gasteiger partial charge is 0.416 e. The molecule has 0 unspecified atom stereocenters. The Morgan fingerprint density at radius 3 is 2.30 bits per heavy atom. The van der Waals surface area contributed by atoms with E-state index in [1.165, 1.54) is 12.1 Å². The molecular formula is C15H9F3N2. The first-order valence-corrected chi connectivity index (χ1v) is 5.93. The van der Waals surface area contributed by atoms with Crippen molar-refractivity contribution in [2.24, 2.45) is 0 Å². The number of benzene rings is 1. The lowest BCUT2D eigenvalue weighted by Crippen LogP contribution is -2.04. The Bertz CT molecular complexity index is 749. The molecule has 3 rings (SSSR count). The summed E-state index contributed by atoms with van der Waals surface area (Å²) in [5.41, 5.74) is 1.14. The number of alkyl halides is 3. The van der Waals surface area contributed by atoms with Crippen molar-refractivity contribution in [3.8, 4) is 11.3 Å². The van der Waals surface area contributed by atoms with E-state index >= 15 is 0 Å². The van der Waals surface area contributed by atoms with Crippen LogP contribution in [0.3, 0.4) is 0 Å². The van der Waals surface area contributed by atoms with Crippen LogP contribution in [0.5, 0.6) is 0 Å². The molecule has 0 amide bonds. The van der Waals surface area contributed by atoms with Gasteiger partial charge in [-0.2, -0.15) is 13.2 Å². The third kappa shape index (κ3) is 2.34. The molecule has 2 heterocycles. The topological polar surface area (TPSA) is 25.8 Å². The third-order valence-electron chi connectivity index (χ3n) is 2.97. The highest BCUT2D eigenvalue weighted by atomic mass is 19.4. The number of halogens is 3. The van der Waals surface area contributed by atoms with Gasteiger partial charge in [0.25, 0.3) is 0 Å². The summed E-state index contributed by atoms with van der Waals surface area (Å²) in [7, 11) is 0. The Balaban J connectivity index is 2.02. The molecule has 0 aliphatic rings. The van der Waals surface area contributed by atoms with Gasteiger partial charge in [0, 0.05) is 17.1 Å². The molecule has 0 fully saturated rings. The molecule has 0 N–H and O–H groups in total. The second kappa shape index (κ2) is 4.59. The van der Waals surface area contributed by atoms with Crippen LogP contribution in [-0.4, -0.2) is 9.97 Å². The van der Waals surface area contributed by atoms with Crippen LogP contribution in [0, 0.1) is 0 Å². The smallest absolute Gasteiger partial charge is 0.237 e. The number of hydrogen-bond donors (Lipinski definition) is 0. The summed E-state index contributed by atoms with van der Waals surface area (Å²) in [5, 5.41) is 0.892. The Morgan fingerprint density at radius 1 is 0.850 bits per heavy atom. The van der Waals surface area contributed by atoms with Crippen molar-refractivity contribution in [1.82, 2.24) is 9.97 Å². The average Bonchev–Trinajstić information content (AvgIpc) is 2.46. The summed E-state index contributed by atoms with van der Waals surface area (Å²) in [5.74, 6) is 0. The van der Waals surface area contributed by atoms with Crippen molar-refractivity contribution in [1.29, 1.82) is 0 Å². The van der Waals surface area contributed by atoms with Crippen molar-refractivity contribution in [2.75, 3.05) is 0 Å². The Labute approximate surface area is 112 Å². The molecule has 2 nitrogen and oxygen atoms in total. The zero-order valence-corrected chi connectivity index (χ0v) is 10.2. The van der Waals surface area contributed by atoms with Gasteiger partial charge in [-0.25, -0.2) is 9.97 Å². The van der Waals surface area contributed by atoms with E-state index in [4.69, 9.17) is 0 Å². The van der Waals surface area contributed by atoms with Gasteiger partial charge in [0.2, 0.25) is 0 Å². The molecule has 0 saturated heterocycles. The molecule has 2 aromatic heterocycles. The van der Waals surface area contributed by atoms with Gasteiger partial charge in [0.15, 0.2) is 5.65 Å². The number of pyridine rings is 2. The summed E-state index contributed by atoms with van der Waals surface area (Å²) in [6.07, 6.45) is -2.69. The van der Waals surface area contributed by atoms with Crippen molar-refractivity contribution in [3.63, 3.8) is 0 Å². The van der Waals surface area contributed by atoms with E-state index in [1.807, 2.05) is 18.2 Å². The maximum absolute atomic E-state index is 12.5. The van der Waals surface area contributed by atoms with Crippen molar-refractivity contribution in [3.05, 3.63) is 60.3 Å². The molecular weight excluding hydrogens is 265 g/mol. The zero-order valence-electron chi connectivity index (χ0n) is 10.2. The summed E-state index contributed by atoms with van der Waals surface area (Å²) >= 11 is 0. The van der Waals surface area contributed by atoms with E-state index in [9.17, 15) is 13.2 Å². The van der Waals surface area contributed by atoms with Crippen LogP contribution in [0.2, 0.25) is 0 Å². The molecule has 0 spiro atoms. The highest BCUT2D eigenvalue weighted by Crippen LogP contribution is 2.30. The minimum atomic E-state index is -4.32. The molecule has 0 radical (unpaired) electrons. The zero-order chi connectivity index (χ0) is 14.2. The van der Waals surface area contributed by atoms with Gasteiger partial charge >= 0.3 is 6.18 Å². The fourth-order valence-corrected chi connectivity index (χ4v) is 1.94. The molecule has 5 heteroatoms. The van der Waals surface area contributed by atoms with Crippen LogP contribution in [0.4, 0.5) is 13.2 Å². The number of nitrogens with zero attached hydrogens (tertiary/aromatic N) is 2. The first-order valence-electron chi connectivity index (χ1n) is 5.93. The molecule has 3 aromatic rings. The van der Waals surface area contributed by atoms with Crippen molar-refractivity contribution >= 4 is 11.0 Å². The molecule has 20 heavy (non-hydrogen) atoms. The van der Waals surface area contributed by atoms with Crippen molar-refractivity contribution in [2.45, 2.75) is 6.18 Å². The van der Waals surface area contributed by atoms with E-state index in [-0.39, 0.29) is 0 Å². The molecule has 0 aliphatic heterocycles. The van der Waals surface area contributed by atoms with E-state index in [0.29, 0.717) is 16.9 Å². The van der Waals surface area contributed by atoms with Crippen LogP contribution in [0.25, 0.3) is 22.3 Å². The first-order chi connectivity index (χ1) is 9.54. The standard InChI is InChI=1S/C15H9F3N2/c16-15(17,18)12-6-3-10(4-7-12)13-8-5-11-2-1-9-19-14(11)20-13/h1-9H. The predicted molar refractivity (Wildman–Crippen MR) is 70.0 cm³/mol. The van der Waals surface area contributed by atoms with Gasteiger partial charge in [0.1, 0.15) is 0 Å². The van der Waals surface area contributed by atoms with Gasteiger partial charge in [-0.3, -0.25) is 0 Å². The Morgan fingerprint density at radius 2 is 1.60 bits per heavy atom. The quantitative estimate of drug-likeness (QED) is 0.660. The highest BCUT2D eigenvalue weighted by Gasteiger charge is 2.29. The van der Waals surface area contributed by atoms with Gasteiger partial charge in [-0.15, -0.1) is 0 Å². The summed E-state index contributed by atoms with van der Waals surface area (Å²) in [6.45, 7) is 0. The number of hydrogen-bond acceptors (Lipinski definition) is 2. The second-order valence-corrected chi connectivity index (χ2v) is 4.32. The molecule has 0 bridgehead atoms. The van der Waals surface area contributed by atoms with Gasteiger partial charge < -0.3 is 0 Å². The lowest BCUT2D eigenvalue weighted by molar-refractivity contribution is -0.137. The SMILES string of the molecule is FC(F)(F)c1ccc(-c2ccc3cccnc3n2)cc1. The number of fused-ring (bicyclic) bond motifs is 1. The fourth-order valence-electron chi connectivity index (χ4n) is 1.94. The normalized spacial score (nSPS) is 11.8. The van der Waals surface area contributed by atoms with Gasteiger partial charge in [-0.05, 0) is 36.4 Å². The monoisotopic (exact) mass is 274 g/mol. The number of rotatable bonds is 1. The van der Waals surface area contributed by atoms with Crippen LogP contribution >= 0.6 is 0 Å². The van der Waals surface area contributed by atoms with Crippen LogP contribution < -0.4 is 0 Å². The van der Waals surface area contributed by atoms with Crippen LogP contribution in [-0.2, 0) is 6.18 Å². The maximum atomic E-state index is 12.5. The fraction of sp³-hybridized carbons (Fsp3) is 0.0667. The molecule has 0 saturated carbocycles. The highest BCUT2D eigenvalue weighted by molar-refractivity contribution is 5.77. The average molecular weight is 274 g/mol. The lowest BCUT2D eigenvalue weighted by Gasteiger charge is -2.07. The predicted octanol–water partition coefficient (Wildman–Crippen LogP) is 4.32. The van der Waals surface area contributed by atoms with Crippen LogP contribution in [0.1, 0.15) is 5.56 Å². The minimum Gasteiger partial charge on any atom is -0.237 e. The maximum Gasteiger partial charge on any atom is 0.416 e. The summed E-state index contributed by atoms with van der Waals surface area (Å²) in [4.78, 5) is 8.48. The van der Waals surface area contributed by atoms with Gasteiger partial charge in [-0.1, -0.05) is 12.1 Å². The van der Waals surface area contributed by atoms with E-state index in [1.54, 1.807) is 12.3 Å². The van der Waals surface area contributed by atoms with E-state index < -0.39 is 11.7 Å². The van der Waals surface area contributed by atoms with Crippen LogP contribution in [0.15, 0.2) is 54.7 Å². The first kappa shape index (κ1) is 12.6. The summed E-state index contributed by atoms with van der Waals surface area (Å²) in [6, 6.07) is 12.3. The summed E-state index contributed by atoms with van der Waals surface area (Å²) < 4.78 is 37.5. The Kier molecular flexibility index (Phi) is 2.89. The van der Waals surface area contributed by atoms with E-state index in [2.05, 4.69) is 9.97 Å². The van der Waals surface area contributed by atoms with E-state index in [0.717, 1.165) is 17.5 Å². The van der Waals surface area contributed by atoms with Crippen molar-refractivity contribution < 1.29 is 13.2 Å². The molecule has 0 aliphatic carbocycles. The Hall–Kier alpha value is -2.43. The molecule has 1 aromatic carbocycles. The number of aromatic nitrogens is 2. The third-order valence-corrected chi connectivity index (χ3v) is 2.97. The van der Waals surface area contributed by atoms with Gasteiger partial charge in [0.05, 0.1) is 11.3 Å². The minimum absolute atomic E-state index is 0.574.